The van der Waals surface area contributed by atoms with Crippen LogP contribution in [-0.2, 0) is 9.59 Å². The van der Waals surface area contributed by atoms with Crippen molar-refractivity contribution in [1.29, 1.82) is 0 Å². The molecule has 1 aliphatic heterocycles. The van der Waals surface area contributed by atoms with E-state index in [-0.39, 0.29) is 17.4 Å². The highest BCUT2D eigenvalue weighted by atomic mass is 32.2. The van der Waals surface area contributed by atoms with Gasteiger partial charge in [0.1, 0.15) is 18.0 Å². The summed E-state index contributed by atoms with van der Waals surface area (Å²) in [6, 6.07) is 3.55. The summed E-state index contributed by atoms with van der Waals surface area (Å²) in [7, 11) is 3.11. The number of nitrogens with zero attached hydrogens (tertiary/aromatic N) is 2. The van der Waals surface area contributed by atoms with E-state index < -0.39 is 11.1 Å². The number of carbonyl (C=O) groups excluding carboxylic acids is 3. The summed E-state index contributed by atoms with van der Waals surface area (Å²) >= 11 is 0.833. The summed E-state index contributed by atoms with van der Waals surface area (Å²) in [5.74, 6) is 0.570. The Bertz CT molecular complexity index is 816. The first kappa shape index (κ1) is 22.8. The van der Waals surface area contributed by atoms with E-state index in [1.165, 1.54) is 0 Å². The van der Waals surface area contributed by atoms with Crippen molar-refractivity contribution in [2.24, 2.45) is 0 Å². The molecule has 0 N–H and O–H groups in total. The second kappa shape index (κ2) is 10.3. The number of carbonyl (C=O) groups is 3. The highest BCUT2D eigenvalue weighted by Gasteiger charge is 2.37. The van der Waals surface area contributed by atoms with Gasteiger partial charge < -0.3 is 14.4 Å². The van der Waals surface area contributed by atoms with Crippen molar-refractivity contribution in [2.75, 3.05) is 33.9 Å². The van der Waals surface area contributed by atoms with Gasteiger partial charge in [-0.15, -0.1) is 0 Å². The van der Waals surface area contributed by atoms with Crippen LogP contribution in [-0.4, -0.2) is 60.7 Å². The molecule has 29 heavy (non-hydrogen) atoms. The number of imide groups is 1. The van der Waals surface area contributed by atoms with E-state index in [1.54, 1.807) is 37.3 Å². The smallest absolute Gasteiger partial charge is 0.294 e. The highest BCUT2D eigenvalue weighted by molar-refractivity contribution is 8.18. The lowest BCUT2D eigenvalue weighted by molar-refractivity contribution is -0.135. The summed E-state index contributed by atoms with van der Waals surface area (Å²) in [6.45, 7) is 6.82. The van der Waals surface area contributed by atoms with Gasteiger partial charge in [-0.25, -0.2) is 0 Å². The van der Waals surface area contributed by atoms with Crippen molar-refractivity contribution in [3.05, 3.63) is 28.2 Å². The third kappa shape index (κ3) is 5.12. The van der Waals surface area contributed by atoms with Crippen molar-refractivity contribution in [2.45, 2.75) is 33.6 Å². The molecule has 0 aliphatic carbocycles. The molecule has 0 atom stereocenters. The van der Waals surface area contributed by atoms with Crippen molar-refractivity contribution in [3.63, 3.8) is 0 Å². The van der Waals surface area contributed by atoms with Crippen LogP contribution in [0.5, 0.6) is 11.5 Å². The first-order valence-electron chi connectivity index (χ1n) is 9.62. The minimum absolute atomic E-state index is 0.213. The van der Waals surface area contributed by atoms with Crippen molar-refractivity contribution < 1.29 is 23.9 Å². The van der Waals surface area contributed by atoms with Gasteiger partial charge in [-0.2, -0.15) is 0 Å². The van der Waals surface area contributed by atoms with Gasteiger partial charge in [-0.3, -0.25) is 19.3 Å². The SMILES string of the molecule is CCCN(CCC)C(=O)CN1C(=O)S/C(=C\c2ccc(OC)c(C)c2OC)C1=O. The average molecular weight is 421 g/mol. The fourth-order valence-electron chi connectivity index (χ4n) is 3.21. The average Bonchev–Trinajstić information content (AvgIpc) is 2.95. The molecular weight excluding hydrogens is 392 g/mol. The number of hydrogen-bond acceptors (Lipinski definition) is 6. The molecular formula is C21H28N2O5S. The molecule has 1 aromatic rings. The monoisotopic (exact) mass is 420 g/mol. The Kier molecular flexibility index (Phi) is 8.13. The number of benzene rings is 1. The van der Waals surface area contributed by atoms with E-state index in [1.807, 2.05) is 20.8 Å². The largest absolute Gasteiger partial charge is 0.496 e. The summed E-state index contributed by atoms with van der Waals surface area (Å²) in [5, 5.41) is -0.438. The van der Waals surface area contributed by atoms with Gasteiger partial charge in [0.15, 0.2) is 0 Å². The van der Waals surface area contributed by atoms with Gasteiger partial charge in [-0.05, 0) is 49.7 Å². The molecule has 1 fully saturated rings. The van der Waals surface area contributed by atoms with Crippen LogP contribution in [0.2, 0.25) is 0 Å². The number of rotatable bonds is 9. The van der Waals surface area contributed by atoms with Crippen LogP contribution in [0.15, 0.2) is 17.0 Å². The Morgan fingerprint density at radius 2 is 1.79 bits per heavy atom. The topological polar surface area (TPSA) is 76.2 Å². The van der Waals surface area contributed by atoms with E-state index in [0.717, 1.165) is 35.1 Å². The molecule has 7 nitrogen and oxygen atoms in total. The predicted molar refractivity (Wildman–Crippen MR) is 114 cm³/mol. The molecule has 0 unspecified atom stereocenters. The Hall–Kier alpha value is -2.48. The lowest BCUT2D eigenvalue weighted by Gasteiger charge is -2.23. The van der Waals surface area contributed by atoms with Crippen LogP contribution in [0.1, 0.15) is 37.8 Å². The first-order chi connectivity index (χ1) is 13.9. The second-order valence-corrected chi connectivity index (χ2v) is 7.66. The maximum absolute atomic E-state index is 12.8. The quantitative estimate of drug-likeness (QED) is 0.567. The maximum atomic E-state index is 12.8. The molecule has 8 heteroatoms. The molecule has 3 amide bonds. The van der Waals surface area contributed by atoms with Crippen molar-refractivity contribution in [3.8, 4) is 11.5 Å². The number of thioether (sulfide) groups is 1. The molecule has 1 aliphatic rings. The van der Waals surface area contributed by atoms with Crippen LogP contribution in [0.3, 0.4) is 0 Å². The summed E-state index contributed by atoms with van der Waals surface area (Å²) in [6.07, 6.45) is 3.27. The molecule has 0 radical (unpaired) electrons. The Balaban J connectivity index is 2.24. The number of hydrogen-bond donors (Lipinski definition) is 0. The van der Waals surface area contributed by atoms with Crippen molar-refractivity contribution >= 4 is 34.9 Å². The number of amides is 3. The summed E-state index contributed by atoms with van der Waals surface area (Å²) in [5.41, 5.74) is 1.47. The molecule has 1 heterocycles. The third-order valence-electron chi connectivity index (χ3n) is 4.60. The second-order valence-electron chi connectivity index (χ2n) is 6.66. The maximum Gasteiger partial charge on any atom is 0.294 e. The van der Waals surface area contributed by atoms with Crippen LogP contribution in [0.25, 0.3) is 6.08 Å². The van der Waals surface area contributed by atoms with Gasteiger partial charge in [-0.1, -0.05) is 13.8 Å². The fourth-order valence-corrected chi connectivity index (χ4v) is 4.04. The molecule has 2 rings (SSSR count). The zero-order valence-electron chi connectivity index (χ0n) is 17.6. The van der Waals surface area contributed by atoms with Crippen LogP contribution in [0.4, 0.5) is 4.79 Å². The fraction of sp³-hybridized carbons (Fsp3) is 0.476. The molecule has 1 saturated heterocycles. The molecule has 0 saturated carbocycles. The van der Waals surface area contributed by atoms with E-state index in [4.69, 9.17) is 9.47 Å². The highest BCUT2D eigenvalue weighted by Crippen LogP contribution is 2.37. The Morgan fingerprint density at radius 3 is 2.34 bits per heavy atom. The molecule has 158 valence electrons. The summed E-state index contributed by atoms with van der Waals surface area (Å²) in [4.78, 5) is 40.7. The van der Waals surface area contributed by atoms with E-state index in [9.17, 15) is 14.4 Å². The van der Waals surface area contributed by atoms with E-state index in [0.29, 0.717) is 30.2 Å². The lowest BCUT2D eigenvalue weighted by atomic mass is 10.1. The number of methoxy groups -OCH3 is 2. The van der Waals surface area contributed by atoms with Gasteiger partial charge in [0, 0.05) is 24.2 Å². The van der Waals surface area contributed by atoms with Gasteiger partial charge >= 0.3 is 0 Å². The molecule has 1 aromatic carbocycles. The van der Waals surface area contributed by atoms with E-state index >= 15 is 0 Å². The van der Waals surface area contributed by atoms with Gasteiger partial charge in [0.05, 0.1) is 19.1 Å². The van der Waals surface area contributed by atoms with Gasteiger partial charge in [0.2, 0.25) is 5.91 Å². The van der Waals surface area contributed by atoms with Crippen LogP contribution < -0.4 is 9.47 Å². The predicted octanol–water partition coefficient (Wildman–Crippen LogP) is 3.70. The molecule has 0 spiro atoms. The lowest BCUT2D eigenvalue weighted by Crippen LogP contribution is -2.42. The van der Waals surface area contributed by atoms with Crippen LogP contribution in [0, 0.1) is 6.92 Å². The minimum atomic E-state index is -0.461. The summed E-state index contributed by atoms with van der Waals surface area (Å²) < 4.78 is 10.8. The zero-order valence-corrected chi connectivity index (χ0v) is 18.4. The first-order valence-corrected chi connectivity index (χ1v) is 10.4. The normalized spacial score (nSPS) is 15.2. The van der Waals surface area contributed by atoms with E-state index in [2.05, 4.69) is 0 Å². The molecule has 0 bridgehead atoms. The Labute approximate surface area is 176 Å². The zero-order chi connectivity index (χ0) is 21.6. The van der Waals surface area contributed by atoms with Crippen LogP contribution >= 0.6 is 11.8 Å². The standard InChI is InChI=1S/C21H28N2O5S/c1-6-10-22(11-7-2)18(24)13-23-20(25)17(29-21(23)26)12-15-8-9-16(27-4)14(3)19(15)28-5/h8-9,12H,6-7,10-11,13H2,1-5H3/b17-12-. The molecule has 0 aromatic heterocycles. The van der Waals surface area contributed by atoms with Gasteiger partial charge in [0.25, 0.3) is 11.1 Å². The Morgan fingerprint density at radius 1 is 1.14 bits per heavy atom. The third-order valence-corrected chi connectivity index (χ3v) is 5.51. The number of ether oxygens (including phenoxy) is 2. The minimum Gasteiger partial charge on any atom is -0.496 e. The van der Waals surface area contributed by atoms with Crippen molar-refractivity contribution in [1.82, 2.24) is 9.80 Å².